The van der Waals surface area contributed by atoms with Crippen molar-refractivity contribution in [3.05, 3.63) is 35.0 Å². The average Bonchev–Trinajstić information content (AvgIpc) is 3.14. The Morgan fingerprint density at radius 3 is 2.61 bits per heavy atom. The Morgan fingerprint density at radius 1 is 1.18 bits per heavy atom. The zero-order valence-corrected chi connectivity index (χ0v) is 21.0. The first-order valence-corrected chi connectivity index (χ1v) is 12.5. The third-order valence-corrected chi connectivity index (χ3v) is 7.34. The highest BCUT2D eigenvalue weighted by molar-refractivity contribution is 6.07. The predicted octanol–water partition coefficient (Wildman–Crippen LogP) is 3.85. The molecular formula is C27H40N4O2. The second-order valence-electron chi connectivity index (χ2n) is 11.3. The number of aromatic amines is 1. The van der Waals surface area contributed by atoms with Crippen LogP contribution in [-0.4, -0.2) is 66.9 Å². The Hall–Kier alpha value is -2.34. The number of likely N-dealkylation sites (tertiary alicyclic amines) is 1. The average molecular weight is 453 g/mol. The lowest BCUT2D eigenvalue weighted by molar-refractivity contribution is -0.126. The van der Waals surface area contributed by atoms with Crippen LogP contribution in [-0.2, 0) is 17.6 Å². The largest absolute Gasteiger partial charge is 0.358 e. The highest BCUT2D eigenvalue weighted by atomic mass is 16.2. The van der Waals surface area contributed by atoms with Gasteiger partial charge in [0, 0.05) is 43.2 Å². The molecule has 1 aliphatic heterocycles. The van der Waals surface area contributed by atoms with Crippen molar-refractivity contribution >= 4 is 22.7 Å². The number of carbonyl (C=O) groups is 2. The molecule has 0 bridgehead atoms. The number of hydrogen-bond donors (Lipinski definition) is 2. The number of para-hydroxylation sites is 1. The van der Waals surface area contributed by atoms with Crippen LogP contribution in [0.3, 0.4) is 0 Å². The van der Waals surface area contributed by atoms with Crippen LogP contribution < -0.4 is 5.32 Å². The maximum Gasteiger partial charge on any atom is 0.255 e. The predicted molar refractivity (Wildman–Crippen MR) is 133 cm³/mol. The van der Waals surface area contributed by atoms with E-state index in [1.54, 1.807) is 0 Å². The number of benzene rings is 1. The van der Waals surface area contributed by atoms with E-state index >= 15 is 0 Å². The zero-order valence-electron chi connectivity index (χ0n) is 21.0. The van der Waals surface area contributed by atoms with Gasteiger partial charge in [-0.05, 0) is 69.2 Å². The van der Waals surface area contributed by atoms with E-state index in [0.717, 1.165) is 43.3 Å². The van der Waals surface area contributed by atoms with Crippen LogP contribution in [0.2, 0.25) is 0 Å². The fourth-order valence-electron chi connectivity index (χ4n) is 5.69. The molecule has 0 saturated carbocycles. The number of hydrogen-bond acceptors (Lipinski definition) is 3. The van der Waals surface area contributed by atoms with Crippen molar-refractivity contribution in [1.82, 2.24) is 20.1 Å². The maximum absolute atomic E-state index is 13.4. The molecule has 1 unspecified atom stereocenters. The van der Waals surface area contributed by atoms with Crippen molar-refractivity contribution in [3.8, 4) is 0 Å². The summed E-state index contributed by atoms with van der Waals surface area (Å²) in [5, 5.41) is 4.36. The fraction of sp³-hybridized carbons (Fsp3) is 0.630. The van der Waals surface area contributed by atoms with Crippen LogP contribution in [0.15, 0.2) is 18.2 Å². The van der Waals surface area contributed by atoms with Crippen molar-refractivity contribution in [2.24, 2.45) is 17.3 Å². The molecule has 2 aliphatic rings. The number of rotatable bonds is 6. The number of fused-ring (bicyclic) bond motifs is 3. The first-order valence-electron chi connectivity index (χ1n) is 12.5. The minimum atomic E-state index is -0.0145. The molecule has 4 rings (SSSR count). The van der Waals surface area contributed by atoms with Crippen LogP contribution >= 0.6 is 0 Å². The fourth-order valence-corrected chi connectivity index (χ4v) is 5.69. The smallest absolute Gasteiger partial charge is 0.255 e. The molecule has 2 aromatic rings. The standard InChI is InChI=1S/C27H40N4O2/c1-18-9-10-23-22(15-18)20-7-6-8-21(24(20)29-23)26(33)31-13-11-19(12-14-31)25(32)28-16-27(2,3)17-30(4)5/h6-8,18-19,29H,9-17H2,1-5H3,(H,28,32). The van der Waals surface area contributed by atoms with Gasteiger partial charge in [0.2, 0.25) is 5.91 Å². The van der Waals surface area contributed by atoms with Gasteiger partial charge in [-0.3, -0.25) is 9.59 Å². The zero-order chi connectivity index (χ0) is 23.8. The highest BCUT2D eigenvalue weighted by Crippen LogP contribution is 2.33. The molecule has 33 heavy (non-hydrogen) atoms. The second-order valence-corrected chi connectivity index (χ2v) is 11.3. The molecule has 2 N–H and O–H groups in total. The number of aryl methyl sites for hydroxylation is 1. The summed E-state index contributed by atoms with van der Waals surface area (Å²) in [5.41, 5.74) is 4.48. The summed E-state index contributed by atoms with van der Waals surface area (Å²) < 4.78 is 0. The third kappa shape index (κ3) is 5.26. The van der Waals surface area contributed by atoms with Gasteiger partial charge in [0.25, 0.3) is 5.91 Å². The summed E-state index contributed by atoms with van der Waals surface area (Å²) in [6, 6.07) is 6.11. The minimum Gasteiger partial charge on any atom is -0.358 e. The highest BCUT2D eigenvalue weighted by Gasteiger charge is 2.30. The summed E-state index contributed by atoms with van der Waals surface area (Å²) in [5.74, 6) is 0.884. The van der Waals surface area contributed by atoms with Crippen molar-refractivity contribution < 1.29 is 9.59 Å². The van der Waals surface area contributed by atoms with Crippen molar-refractivity contribution in [1.29, 1.82) is 0 Å². The Balaban J connectivity index is 1.38. The van der Waals surface area contributed by atoms with Crippen molar-refractivity contribution in [2.45, 2.75) is 52.9 Å². The summed E-state index contributed by atoms with van der Waals surface area (Å²) >= 11 is 0. The number of piperidine rings is 1. The van der Waals surface area contributed by atoms with Gasteiger partial charge in [0.05, 0.1) is 11.1 Å². The van der Waals surface area contributed by atoms with Crippen LogP contribution in [0, 0.1) is 17.3 Å². The number of carbonyl (C=O) groups excluding carboxylic acids is 2. The topological polar surface area (TPSA) is 68.4 Å². The van der Waals surface area contributed by atoms with Crippen LogP contribution in [0.1, 0.15) is 61.6 Å². The first-order chi connectivity index (χ1) is 15.6. The van der Waals surface area contributed by atoms with E-state index in [4.69, 9.17) is 0 Å². The Morgan fingerprint density at radius 2 is 1.91 bits per heavy atom. The molecule has 6 nitrogen and oxygen atoms in total. The SMILES string of the molecule is CC1CCc2[nH]c3c(C(=O)N4CCC(C(=O)NCC(C)(C)CN(C)C)CC4)cccc3c2C1. The van der Waals surface area contributed by atoms with Crippen LogP contribution in [0.25, 0.3) is 10.9 Å². The van der Waals surface area contributed by atoms with Gasteiger partial charge in [-0.25, -0.2) is 0 Å². The summed E-state index contributed by atoms with van der Waals surface area (Å²) in [6.45, 7) is 9.51. The molecule has 2 heterocycles. The number of amides is 2. The quantitative estimate of drug-likeness (QED) is 0.700. The van der Waals surface area contributed by atoms with E-state index < -0.39 is 0 Å². The summed E-state index contributed by atoms with van der Waals surface area (Å²) in [6.07, 6.45) is 4.79. The van der Waals surface area contributed by atoms with Gasteiger partial charge in [0.15, 0.2) is 0 Å². The van der Waals surface area contributed by atoms with Gasteiger partial charge < -0.3 is 20.1 Å². The lowest BCUT2D eigenvalue weighted by atomic mass is 9.87. The summed E-state index contributed by atoms with van der Waals surface area (Å²) in [4.78, 5) is 33.8. The van der Waals surface area contributed by atoms with Gasteiger partial charge in [-0.2, -0.15) is 0 Å². The Labute approximate surface area is 198 Å². The first kappa shape index (κ1) is 23.8. The molecule has 0 radical (unpaired) electrons. The molecule has 1 atom stereocenters. The van der Waals surface area contributed by atoms with Gasteiger partial charge in [-0.15, -0.1) is 0 Å². The molecule has 1 saturated heterocycles. The summed E-state index contributed by atoms with van der Waals surface area (Å²) in [7, 11) is 4.11. The number of nitrogens with zero attached hydrogens (tertiary/aromatic N) is 2. The maximum atomic E-state index is 13.4. The van der Waals surface area contributed by atoms with Crippen LogP contribution in [0.4, 0.5) is 0 Å². The van der Waals surface area contributed by atoms with Crippen LogP contribution in [0.5, 0.6) is 0 Å². The van der Waals surface area contributed by atoms with E-state index in [1.165, 1.54) is 23.1 Å². The van der Waals surface area contributed by atoms with Gasteiger partial charge >= 0.3 is 0 Å². The monoisotopic (exact) mass is 452 g/mol. The molecule has 2 amide bonds. The molecule has 180 valence electrons. The molecule has 6 heteroatoms. The van der Waals surface area contributed by atoms with Gasteiger partial charge in [-0.1, -0.05) is 32.9 Å². The van der Waals surface area contributed by atoms with E-state index in [1.807, 2.05) is 17.0 Å². The Kier molecular flexibility index (Phi) is 6.85. The van der Waals surface area contributed by atoms with Gasteiger partial charge in [0.1, 0.15) is 0 Å². The van der Waals surface area contributed by atoms with Crippen molar-refractivity contribution in [2.75, 3.05) is 40.3 Å². The Bertz CT molecular complexity index is 1010. The third-order valence-electron chi connectivity index (χ3n) is 7.34. The molecule has 1 aromatic heterocycles. The lowest BCUT2D eigenvalue weighted by Crippen LogP contribution is -2.46. The molecular weight excluding hydrogens is 412 g/mol. The van der Waals surface area contributed by atoms with E-state index in [9.17, 15) is 9.59 Å². The lowest BCUT2D eigenvalue weighted by Gasteiger charge is -2.33. The number of aromatic nitrogens is 1. The number of H-pyrrole nitrogens is 1. The van der Waals surface area contributed by atoms with E-state index in [0.29, 0.717) is 25.6 Å². The van der Waals surface area contributed by atoms with E-state index in [2.05, 4.69) is 56.1 Å². The second kappa shape index (κ2) is 9.49. The molecule has 1 aliphatic carbocycles. The minimum absolute atomic E-state index is 0.0145. The van der Waals surface area contributed by atoms with E-state index in [-0.39, 0.29) is 23.1 Å². The van der Waals surface area contributed by atoms with Crippen molar-refractivity contribution in [3.63, 3.8) is 0 Å². The molecule has 0 spiro atoms. The number of nitrogens with one attached hydrogen (secondary N) is 2. The molecule has 1 fully saturated rings. The molecule has 1 aromatic carbocycles. The normalized spacial score (nSPS) is 19.7.